The van der Waals surface area contributed by atoms with E-state index < -0.39 is 19.9 Å². The SMILES string of the molecule is O=C(NCCCS(=O)(=O)c1ccccc1)c1ccc(S(=O)(=O)N2CCCC2)cc1. The number of sulfonamides is 1. The molecule has 2 aromatic rings. The van der Waals surface area contributed by atoms with Crippen molar-refractivity contribution >= 4 is 25.8 Å². The lowest BCUT2D eigenvalue weighted by molar-refractivity contribution is 0.0953. The summed E-state index contributed by atoms with van der Waals surface area (Å²) >= 11 is 0. The normalized spacial score (nSPS) is 15.3. The number of hydrogen-bond donors (Lipinski definition) is 1. The summed E-state index contributed by atoms with van der Waals surface area (Å²) in [4.78, 5) is 12.7. The Kier molecular flexibility index (Phi) is 6.71. The first-order chi connectivity index (χ1) is 13.8. The Bertz CT molecular complexity index is 1040. The Hall–Kier alpha value is -2.23. The van der Waals surface area contributed by atoms with Gasteiger partial charge in [0.05, 0.1) is 15.5 Å². The molecule has 1 N–H and O–H groups in total. The van der Waals surface area contributed by atoms with Gasteiger partial charge in [-0.3, -0.25) is 4.79 Å². The Labute approximate surface area is 171 Å². The zero-order valence-corrected chi connectivity index (χ0v) is 17.6. The van der Waals surface area contributed by atoms with Crippen molar-refractivity contribution in [1.29, 1.82) is 0 Å². The van der Waals surface area contributed by atoms with Crippen molar-refractivity contribution in [1.82, 2.24) is 9.62 Å². The van der Waals surface area contributed by atoms with E-state index in [1.54, 1.807) is 30.3 Å². The fourth-order valence-electron chi connectivity index (χ4n) is 3.17. The second-order valence-electron chi connectivity index (χ2n) is 6.88. The van der Waals surface area contributed by atoms with Crippen LogP contribution in [0.2, 0.25) is 0 Å². The maximum atomic E-state index is 12.5. The summed E-state index contributed by atoms with van der Waals surface area (Å²) in [6.45, 7) is 1.26. The molecule has 1 aliphatic heterocycles. The highest BCUT2D eigenvalue weighted by Crippen LogP contribution is 2.21. The topological polar surface area (TPSA) is 101 Å². The lowest BCUT2D eigenvalue weighted by Gasteiger charge is -2.15. The predicted octanol–water partition coefficient (Wildman–Crippen LogP) is 2.06. The average Bonchev–Trinajstić information content (AvgIpc) is 3.28. The van der Waals surface area contributed by atoms with Crippen molar-refractivity contribution in [3.63, 3.8) is 0 Å². The molecular weight excluding hydrogens is 412 g/mol. The maximum Gasteiger partial charge on any atom is 0.251 e. The van der Waals surface area contributed by atoms with Crippen molar-refractivity contribution in [2.45, 2.75) is 29.1 Å². The minimum Gasteiger partial charge on any atom is -0.352 e. The number of carbonyl (C=O) groups is 1. The van der Waals surface area contributed by atoms with Crippen LogP contribution in [-0.2, 0) is 19.9 Å². The molecule has 1 amide bonds. The summed E-state index contributed by atoms with van der Waals surface area (Å²) in [6, 6.07) is 14.0. The van der Waals surface area contributed by atoms with Gasteiger partial charge in [-0.25, -0.2) is 16.8 Å². The Morgan fingerprint density at radius 1 is 0.862 bits per heavy atom. The minimum atomic E-state index is -3.51. The third-order valence-electron chi connectivity index (χ3n) is 4.80. The number of carbonyl (C=O) groups excluding carboxylic acids is 1. The first-order valence-corrected chi connectivity index (χ1v) is 12.6. The highest BCUT2D eigenvalue weighted by Gasteiger charge is 2.27. The molecule has 0 bridgehead atoms. The zero-order chi connectivity index (χ0) is 20.9. The van der Waals surface area contributed by atoms with Gasteiger partial charge < -0.3 is 5.32 Å². The molecule has 0 spiro atoms. The third-order valence-corrected chi connectivity index (χ3v) is 8.53. The van der Waals surface area contributed by atoms with Gasteiger partial charge >= 0.3 is 0 Å². The predicted molar refractivity (Wildman–Crippen MR) is 110 cm³/mol. The zero-order valence-electron chi connectivity index (χ0n) is 16.0. The van der Waals surface area contributed by atoms with Crippen LogP contribution in [0.5, 0.6) is 0 Å². The van der Waals surface area contributed by atoms with Crippen LogP contribution < -0.4 is 5.32 Å². The van der Waals surface area contributed by atoms with Gasteiger partial charge in [-0.2, -0.15) is 4.31 Å². The number of nitrogens with zero attached hydrogens (tertiary/aromatic N) is 1. The minimum absolute atomic E-state index is 0.0652. The van der Waals surface area contributed by atoms with Crippen molar-refractivity contribution in [2.75, 3.05) is 25.4 Å². The lowest BCUT2D eigenvalue weighted by Crippen LogP contribution is -2.28. The van der Waals surface area contributed by atoms with E-state index in [9.17, 15) is 21.6 Å². The van der Waals surface area contributed by atoms with E-state index in [2.05, 4.69) is 5.32 Å². The molecule has 1 saturated heterocycles. The van der Waals surface area contributed by atoms with Crippen LogP contribution in [0.25, 0.3) is 0 Å². The molecule has 0 atom stereocenters. The number of sulfone groups is 1. The first kappa shape index (κ1) is 21.5. The van der Waals surface area contributed by atoms with Gasteiger partial charge in [0.15, 0.2) is 9.84 Å². The number of nitrogens with one attached hydrogen (secondary N) is 1. The molecule has 1 aliphatic rings. The standard InChI is InChI=1S/C20H24N2O5S2/c23-20(21-13-6-16-28(24,25)18-7-2-1-3-8-18)17-9-11-19(12-10-17)29(26,27)22-14-4-5-15-22/h1-3,7-12H,4-6,13-16H2,(H,21,23). The number of rotatable bonds is 8. The number of hydrogen-bond acceptors (Lipinski definition) is 5. The second kappa shape index (κ2) is 9.06. The smallest absolute Gasteiger partial charge is 0.251 e. The quantitative estimate of drug-likeness (QED) is 0.639. The van der Waals surface area contributed by atoms with Crippen molar-refractivity contribution in [3.8, 4) is 0 Å². The summed E-state index contributed by atoms with van der Waals surface area (Å²) in [7, 11) is -6.89. The molecule has 156 valence electrons. The largest absolute Gasteiger partial charge is 0.352 e. The second-order valence-corrected chi connectivity index (χ2v) is 10.9. The molecule has 9 heteroatoms. The van der Waals surface area contributed by atoms with Crippen LogP contribution in [-0.4, -0.2) is 52.4 Å². The van der Waals surface area contributed by atoms with Crippen molar-refractivity contribution in [3.05, 3.63) is 60.2 Å². The number of amides is 1. The fourth-order valence-corrected chi connectivity index (χ4v) is 6.02. The van der Waals surface area contributed by atoms with E-state index in [0.29, 0.717) is 18.7 Å². The van der Waals surface area contributed by atoms with E-state index in [4.69, 9.17) is 0 Å². The van der Waals surface area contributed by atoms with Crippen LogP contribution >= 0.6 is 0 Å². The molecule has 1 fully saturated rings. The molecule has 29 heavy (non-hydrogen) atoms. The molecule has 0 radical (unpaired) electrons. The molecular formula is C20H24N2O5S2. The summed E-state index contributed by atoms with van der Waals surface area (Å²) in [5.74, 6) is -0.433. The molecule has 7 nitrogen and oxygen atoms in total. The average molecular weight is 437 g/mol. The summed E-state index contributed by atoms with van der Waals surface area (Å²) in [6.07, 6.45) is 2.00. The van der Waals surface area contributed by atoms with E-state index in [0.717, 1.165) is 12.8 Å². The molecule has 0 aliphatic carbocycles. The van der Waals surface area contributed by atoms with Crippen LogP contribution in [0, 0.1) is 0 Å². The van der Waals surface area contributed by atoms with Crippen LogP contribution in [0.1, 0.15) is 29.6 Å². The lowest BCUT2D eigenvalue weighted by atomic mass is 10.2. The van der Waals surface area contributed by atoms with Gasteiger partial charge in [0, 0.05) is 25.2 Å². The number of benzene rings is 2. The summed E-state index contributed by atoms with van der Waals surface area (Å²) in [5.41, 5.74) is 0.330. The first-order valence-electron chi connectivity index (χ1n) is 9.47. The monoisotopic (exact) mass is 436 g/mol. The van der Waals surface area contributed by atoms with Crippen molar-refractivity contribution < 1.29 is 21.6 Å². The van der Waals surface area contributed by atoms with Crippen molar-refractivity contribution in [2.24, 2.45) is 0 Å². The van der Waals surface area contributed by atoms with Gasteiger partial charge in [0.2, 0.25) is 10.0 Å². The van der Waals surface area contributed by atoms with Crippen LogP contribution in [0.4, 0.5) is 0 Å². The highest BCUT2D eigenvalue weighted by atomic mass is 32.2. The Morgan fingerprint density at radius 3 is 2.10 bits per heavy atom. The van der Waals surface area contributed by atoms with E-state index >= 15 is 0 Å². The Balaban J connectivity index is 1.52. The van der Waals surface area contributed by atoms with Gasteiger partial charge in [-0.1, -0.05) is 18.2 Å². The maximum absolute atomic E-state index is 12.5. The highest BCUT2D eigenvalue weighted by molar-refractivity contribution is 7.91. The van der Waals surface area contributed by atoms with Gasteiger partial charge in [0.25, 0.3) is 5.91 Å². The third kappa shape index (κ3) is 5.23. The summed E-state index contributed by atoms with van der Waals surface area (Å²) < 4.78 is 50.9. The molecule has 0 saturated carbocycles. The molecule has 1 heterocycles. The molecule has 0 unspecified atom stereocenters. The summed E-state index contributed by atoms with van der Waals surface area (Å²) in [5, 5.41) is 2.67. The fraction of sp³-hybridized carbons (Fsp3) is 0.350. The molecule has 0 aromatic heterocycles. The van der Waals surface area contributed by atoms with Crippen LogP contribution in [0.3, 0.4) is 0 Å². The van der Waals surface area contributed by atoms with Gasteiger partial charge in [-0.05, 0) is 55.7 Å². The van der Waals surface area contributed by atoms with Gasteiger partial charge in [0.1, 0.15) is 0 Å². The van der Waals surface area contributed by atoms with E-state index in [-0.39, 0.29) is 34.4 Å². The Morgan fingerprint density at radius 2 is 1.48 bits per heavy atom. The molecule has 3 rings (SSSR count). The van der Waals surface area contributed by atoms with Gasteiger partial charge in [-0.15, -0.1) is 0 Å². The van der Waals surface area contributed by atoms with Crippen LogP contribution in [0.15, 0.2) is 64.4 Å². The van der Waals surface area contributed by atoms with E-state index in [1.165, 1.54) is 28.6 Å². The van der Waals surface area contributed by atoms with E-state index in [1.807, 2.05) is 0 Å². The molecule has 2 aromatic carbocycles.